The van der Waals surface area contributed by atoms with Gasteiger partial charge in [-0.15, -0.1) is 9.24 Å². The molecule has 430 valence electrons. The van der Waals surface area contributed by atoms with Gasteiger partial charge in [-0.2, -0.15) is 0 Å². The highest BCUT2D eigenvalue weighted by atomic mass is 31.0. The van der Waals surface area contributed by atoms with Gasteiger partial charge in [-0.05, 0) is 104 Å². The van der Waals surface area contributed by atoms with E-state index in [4.69, 9.17) is 0 Å². The minimum Gasteiger partial charge on any atom is -0.104 e. The maximum atomic E-state index is 3.32. The molecule has 0 saturated carbocycles. The monoisotopic (exact) mass is 1300 g/mol. The fourth-order valence-electron chi connectivity index (χ4n) is 3.22. The van der Waals surface area contributed by atoms with Crippen LogP contribution in [0, 0.1) is 0 Å². The first-order valence-corrected chi connectivity index (χ1v) is 27.1. The molecule has 0 aliphatic rings. The Balaban J connectivity index is 6.18. The summed E-state index contributed by atoms with van der Waals surface area (Å²) in [5.41, 5.74) is 258. The highest BCUT2D eigenvalue weighted by molar-refractivity contribution is 7.20. The van der Waals surface area contributed by atoms with E-state index < -0.39 is 0 Å². The van der Waals surface area contributed by atoms with Crippen molar-refractivity contribution < 1.29 is 0 Å². The molecule has 0 heterocycles. The SMILES string of the molecule is C=C=C=C=C=C=C=C=C=C=C=C=C=C=C=C=C=C=C=C=C=C=C=C=C=C=C=C=C=C=C=C=C=C=C=C=C=C=C=C=C=C=C=C=C=C=C=C=C=C=C=C=C=C=C=C=C=C=C=C=C=C=C=C=C=C=C=C=C=C=C=C=C=C=C=C=C=C=C=C=C=C=C=C=C=C=C=C=C=C=C=C=C=C=C=C=C=C=C=C=C=C=C=C=CP. The Bertz CT molecular complexity index is 8460. The molecule has 0 aromatic rings. The van der Waals surface area contributed by atoms with Gasteiger partial charge in [-0.25, -0.2) is 0 Å². The van der Waals surface area contributed by atoms with Crippen molar-refractivity contribution in [3.63, 3.8) is 0 Å². The standard InChI is InChI=1S/C105H5P/c1-2-3-4-5-6-7-8-9-10-11-12-13-14-15-16-17-18-19-20-21-22-23-24-25-26-27-28-29-30-31-32-33-34-35-36-37-38-39-40-41-42-43-44-45-46-47-48-49-50-51-52-53-54-55-56-57-58-59-60-61-62-63-64-65-66-67-68-69-70-71-72-73-74-75-76-77-78-79-80-81-82-83-84-85-86-87-88-89-90-91-92-93-94-95-96-97-98-99-100-101-102-103-104-105-106/h105H,1,106H2. The zero-order chi connectivity index (χ0) is 75.5. The Kier molecular flexibility index (Phi) is 65.0. The molecule has 0 fully saturated rings. The van der Waals surface area contributed by atoms with Crippen LogP contribution >= 0.6 is 9.24 Å². The third-order valence-corrected chi connectivity index (χ3v) is 6.66. The van der Waals surface area contributed by atoms with E-state index in [1.807, 2.05) is 0 Å². The van der Waals surface area contributed by atoms with E-state index in [2.05, 4.69) is 606 Å². The van der Waals surface area contributed by atoms with Gasteiger partial charge in [0.1, 0.15) is 0 Å². The second-order valence-corrected chi connectivity index (χ2v) is 13.4. The summed E-state index contributed by atoms with van der Waals surface area (Å²) in [6, 6.07) is 0. The fourth-order valence-corrected chi connectivity index (χ4v) is 3.30. The van der Waals surface area contributed by atoms with Crippen LogP contribution < -0.4 is 0 Å². The summed E-state index contributed by atoms with van der Waals surface area (Å²) >= 11 is 0. The lowest BCUT2D eigenvalue weighted by Gasteiger charge is -1.43. The molecule has 0 nitrogen and oxygen atoms in total. The summed E-state index contributed by atoms with van der Waals surface area (Å²) in [6.45, 7) is 3.32. The van der Waals surface area contributed by atoms with Crippen molar-refractivity contribution >= 4 is 9.24 Å². The smallest absolute Gasteiger partial charge is 0 e. The van der Waals surface area contributed by atoms with E-state index >= 15 is 0 Å². The Labute approximate surface area is 607 Å². The van der Waals surface area contributed by atoms with Crippen LogP contribution in [-0.2, 0) is 0 Å². The lowest BCUT2D eigenvalue weighted by atomic mass is 10.6. The average Bonchev–Trinajstić information content (AvgIpc) is 3.85. The van der Waals surface area contributed by atoms with E-state index in [0.29, 0.717) is 0 Å². The topological polar surface area (TPSA) is 0 Å². The van der Waals surface area contributed by atoms with Crippen molar-refractivity contribution in [2.24, 2.45) is 0 Å². The number of rotatable bonds is 0. The summed E-state index contributed by atoms with van der Waals surface area (Å²) in [5, 5.41) is 0. The first-order chi connectivity index (χ1) is 52.9. The molecule has 1 unspecified atom stereocenters. The van der Waals surface area contributed by atoms with Crippen molar-refractivity contribution in [1.82, 2.24) is 0 Å². The molecule has 1 atom stereocenters. The molecule has 0 spiro atoms. The molecule has 0 saturated heterocycles. The molecule has 106 heavy (non-hydrogen) atoms. The predicted molar refractivity (Wildman–Crippen MR) is 382 cm³/mol. The van der Waals surface area contributed by atoms with Crippen LogP contribution in [0.15, 0.2) is 603 Å². The zero-order valence-electron chi connectivity index (χ0n) is 53.4. The molecule has 0 N–H and O–H groups in total. The van der Waals surface area contributed by atoms with Gasteiger partial charge in [0, 0.05) is 487 Å². The summed E-state index contributed by atoms with van der Waals surface area (Å²) in [7, 11) is 2.35. The van der Waals surface area contributed by atoms with Crippen molar-refractivity contribution in [1.29, 1.82) is 0 Å². The van der Waals surface area contributed by atoms with Crippen molar-refractivity contribution in [3.05, 3.63) is 603 Å². The van der Waals surface area contributed by atoms with Crippen LogP contribution in [0.1, 0.15) is 0 Å². The number of hydrogen-bond acceptors (Lipinski definition) is 0. The van der Waals surface area contributed by atoms with E-state index in [1.165, 1.54) is 0 Å². The van der Waals surface area contributed by atoms with E-state index in [-0.39, 0.29) is 0 Å². The van der Waals surface area contributed by atoms with E-state index in [1.54, 1.807) is 5.82 Å². The van der Waals surface area contributed by atoms with Gasteiger partial charge in [0.25, 0.3) is 0 Å². The van der Waals surface area contributed by atoms with Gasteiger partial charge in [0.15, 0.2) is 0 Å². The summed E-state index contributed by atoms with van der Waals surface area (Å²) in [4.78, 5) is 0. The molecule has 0 aromatic carbocycles. The minimum absolute atomic E-state index is 1.60. The van der Waals surface area contributed by atoms with Crippen LogP contribution in [0.2, 0.25) is 0 Å². The second-order valence-electron chi connectivity index (χ2n) is 13.1. The lowest BCUT2D eigenvalue weighted by molar-refractivity contribution is 2.10. The largest absolute Gasteiger partial charge is 0.104 e. The summed E-state index contributed by atoms with van der Waals surface area (Å²) < 4.78 is 0. The molecule has 0 amide bonds. The Morgan fingerprint density at radius 1 is 0.0943 bits per heavy atom. The van der Waals surface area contributed by atoms with Gasteiger partial charge >= 0.3 is 0 Å². The Morgan fingerprint density at radius 2 is 0.151 bits per heavy atom. The van der Waals surface area contributed by atoms with Crippen molar-refractivity contribution in [2.45, 2.75) is 0 Å². The highest BCUT2D eigenvalue weighted by Gasteiger charge is 1.51. The predicted octanol–water partition coefficient (Wildman–Crippen LogP) is 17.0. The van der Waals surface area contributed by atoms with Crippen LogP contribution in [0.3, 0.4) is 0 Å². The van der Waals surface area contributed by atoms with Gasteiger partial charge in [-0.1, -0.05) is 11.5 Å². The Morgan fingerprint density at radius 3 is 0.208 bits per heavy atom. The van der Waals surface area contributed by atoms with Gasteiger partial charge in [-0.3, -0.25) is 0 Å². The molecule has 0 bridgehead atoms. The van der Waals surface area contributed by atoms with Crippen LogP contribution in [0.4, 0.5) is 0 Å². The maximum absolute atomic E-state index is 3.32. The molecule has 0 aliphatic carbocycles. The Hall–Kier alpha value is -22.5. The van der Waals surface area contributed by atoms with Gasteiger partial charge < -0.3 is 0 Å². The molecule has 1 heteroatoms. The minimum atomic E-state index is 1.60. The second kappa shape index (κ2) is 82.5. The maximum Gasteiger partial charge on any atom is 0 e. The molecule has 0 aromatic heterocycles. The van der Waals surface area contributed by atoms with Crippen LogP contribution in [-0.4, -0.2) is 0 Å². The normalized spacial score (nSPS) is 4.01. The van der Waals surface area contributed by atoms with Crippen LogP contribution in [0.5, 0.6) is 0 Å². The molecule has 0 aliphatic heterocycles. The fraction of sp³-hybridized carbons (Fsp3) is 0. The molecule has 0 rings (SSSR count). The third-order valence-electron chi connectivity index (χ3n) is 6.49. The van der Waals surface area contributed by atoms with E-state index in [9.17, 15) is 0 Å². The lowest BCUT2D eigenvalue weighted by Crippen LogP contribution is -1.26. The summed E-state index contributed by atoms with van der Waals surface area (Å²) in [6.07, 6.45) is 0. The molecule has 0 radical (unpaired) electrons. The van der Waals surface area contributed by atoms with Crippen molar-refractivity contribution in [2.75, 3.05) is 0 Å². The highest BCUT2D eigenvalue weighted by Crippen LogP contribution is 1.74. The van der Waals surface area contributed by atoms with Crippen LogP contribution in [0.25, 0.3) is 0 Å². The quantitative estimate of drug-likeness (QED) is 0.168. The first-order valence-electron chi connectivity index (χ1n) is 26.5. The summed E-state index contributed by atoms with van der Waals surface area (Å²) in [5.74, 6) is 1.60. The van der Waals surface area contributed by atoms with Gasteiger partial charge in [0.2, 0.25) is 0 Å². The number of hydrogen-bond donors (Lipinski definition) is 0. The molecular weight excluding hydrogens is 1290 g/mol. The third kappa shape index (κ3) is 81.5. The first kappa shape index (κ1) is 83.5. The molecular formula is C105H5P. The average molecular weight is 1300 g/mol. The van der Waals surface area contributed by atoms with E-state index in [0.717, 1.165) is 0 Å². The zero-order valence-corrected chi connectivity index (χ0v) is 54.5. The van der Waals surface area contributed by atoms with Crippen molar-refractivity contribution in [3.8, 4) is 0 Å². The van der Waals surface area contributed by atoms with Gasteiger partial charge in [0.05, 0.1) is 0 Å².